The van der Waals surface area contributed by atoms with Crippen molar-refractivity contribution in [3.8, 4) is 0 Å². The number of nitrogens with one attached hydrogen (secondary N) is 1. The predicted octanol–water partition coefficient (Wildman–Crippen LogP) is 3.15. The van der Waals surface area contributed by atoms with Gasteiger partial charge < -0.3 is 5.73 Å². The molecule has 0 aliphatic carbocycles. The Balaban J connectivity index is 2.45. The quantitative estimate of drug-likeness (QED) is 0.671. The Labute approximate surface area is 123 Å². The maximum Gasteiger partial charge on any atom is 0.135 e. The number of hydrogen-bond acceptors (Lipinski definition) is 4. The van der Waals surface area contributed by atoms with Crippen molar-refractivity contribution in [3.05, 3.63) is 46.1 Å². The summed E-state index contributed by atoms with van der Waals surface area (Å²) in [5.41, 5.74) is 10.6. The minimum atomic E-state index is 0.0341. The first-order valence-electron chi connectivity index (χ1n) is 6.33. The molecule has 3 N–H and O–H groups in total. The molecule has 2 rings (SSSR count). The van der Waals surface area contributed by atoms with Gasteiger partial charge in [-0.1, -0.05) is 17.8 Å². The highest BCUT2D eigenvalue weighted by Gasteiger charge is 2.15. The first-order valence-corrected chi connectivity index (χ1v) is 7.15. The summed E-state index contributed by atoms with van der Waals surface area (Å²) in [6, 6.07) is 6.24. The van der Waals surface area contributed by atoms with Crippen LogP contribution in [-0.4, -0.2) is 16.0 Å². The molecular formula is C15H18N4S. The van der Waals surface area contributed by atoms with E-state index in [1.807, 2.05) is 19.9 Å². The number of nitrogens with zero attached hydrogens (tertiary/aromatic N) is 2. The van der Waals surface area contributed by atoms with Gasteiger partial charge in [0.1, 0.15) is 10.9 Å². The summed E-state index contributed by atoms with van der Waals surface area (Å²) < 4.78 is 0. The summed E-state index contributed by atoms with van der Waals surface area (Å²) >= 11 is 1.49. The molecule has 0 saturated heterocycles. The molecule has 1 aromatic heterocycles. The summed E-state index contributed by atoms with van der Waals surface area (Å²) in [6.45, 7) is 7.96. The zero-order chi connectivity index (χ0) is 14.9. The average Bonchev–Trinajstić information content (AvgIpc) is 2.38. The average molecular weight is 286 g/mol. The van der Waals surface area contributed by atoms with E-state index in [1.54, 1.807) is 0 Å². The Bertz CT molecular complexity index is 680. The second-order valence-corrected chi connectivity index (χ2v) is 5.91. The van der Waals surface area contributed by atoms with Gasteiger partial charge in [0.05, 0.1) is 11.3 Å². The van der Waals surface area contributed by atoms with Gasteiger partial charge in [0, 0.05) is 4.90 Å². The molecule has 0 atom stereocenters. The smallest absolute Gasteiger partial charge is 0.135 e. The van der Waals surface area contributed by atoms with Gasteiger partial charge in [0.15, 0.2) is 0 Å². The number of aryl methyl sites for hydroxylation is 3. The van der Waals surface area contributed by atoms with Gasteiger partial charge in [-0.25, -0.2) is 0 Å². The van der Waals surface area contributed by atoms with E-state index >= 15 is 0 Å². The summed E-state index contributed by atoms with van der Waals surface area (Å²) in [5.74, 6) is 0.0341. The first kappa shape index (κ1) is 14.5. The first-order chi connectivity index (χ1) is 9.40. The van der Waals surface area contributed by atoms with Crippen LogP contribution in [0.3, 0.4) is 0 Å². The number of hydrogen-bond donors (Lipinski definition) is 2. The van der Waals surface area contributed by atoms with Crippen molar-refractivity contribution in [1.82, 2.24) is 10.2 Å². The van der Waals surface area contributed by atoms with Crippen molar-refractivity contribution in [2.45, 2.75) is 37.6 Å². The zero-order valence-electron chi connectivity index (χ0n) is 12.1. The summed E-state index contributed by atoms with van der Waals surface area (Å²) in [7, 11) is 0. The number of aromatic nitrogens is 2. The summed E-state index contributed by atoms with van der Waals surface area (Å²) in [5, 5.41) is 16.8. The Kier molecular flexibility index (Phi) is 4.09. The Morgan fingerprint density at radius 2 is 1.80 bits per heavy atom. The molecule has 20 heavy (non-hydrogen) atoms. The van der Waals surface area contributed by atoms with Gasteiger partial charge in [-0.2, -0.15) is 5.10 Å². The van der Waals surface area contributed by atoms with E-state index in [-0.39, 0.29) is 5.84 Å². The van der Waals surface area contributed by atoms with Crippen LogP contribution in [0.15, 0.2) is 28.1 Å². The number of benzene rings is 1. The van der Waals surface area contributed by atoms with Crippen LogP contribution < -0.4 is 5.73 Å². The normalized spacial score (nSPS) is 10.6. The molecule has 104 valence electrons. The van der Waals surface area contributed by atoms with Gasteiger partial charge in [0.25, 0.3) is 0 Å². The van der Waals surface area contributed by atoms with Crippen LogP contribution in [0.25, 0.3) is 0 Å². The second kappa shape index (κ2) is 5.63. The van der Waals surface area contributed by atoms with Crippen LogP contribution in [0.5, 0.6) is 0 Å². The fourth-order valence-corrected chi connectivity index (χ4v) is 2.91. The van der Waals surface area contributed by atoms with Crippen molar-refractivity contribution in [2.75, 3.05) is 0 Å². The molecule has 0 aliphatic heterocycles. The third-order valence-electron chi connectivity index (χ3n) is 3.38. The van der Waals surface area contributed by atoms with Gasteiger partial charge in [0.2, 0.25) is 0 Å². The summed E-state index contributed by atoms with van der Waals surface area (Å²) in [4.78, 5) is 1.08. The van der Waals surface area contributed by atoms with E-state index in [0.717, 1.165) is 16.2 Å². The Hall–Kier alpha value is -1.88. The van der Waals surface area contributed by atoms with Crippen molar-refractivity contribution < 1.29 is 0 Å². The predicted molar refractivity (Wildman–Crippen MR) is 82.6 cm³/mol. The van der Waals surface area contributed by atoms with Crippen LogP contribution in [0, 0.1) is 33.1 Å². The maximum absolute atomic E-state index is 7.75. The number of nitrogens with two attached hydrogens (primary N) is 1. The fourth-order valence-electron chi connectivity index (χ4n) is 1.86. The molecular weight excluding hydrogens is 268 g/mol. The molecule has 0 radical (unpaired) electrons. The lowest BCUT2D eigenvalue weighted by Gasteiger charge is -2.11. The molecule has 0 unspecified atom stereocenters. The van der Waals surface area contributed by atoms with Crippen LogP contribution in [0.4, 0.5) is 0 Å². The van der Waals surface area contributed by atoms with Crippen molar-refractivity contribution >= 4 is 17.6 Å². The highest BCUT2D eigenvalue weighted by Crippen LogP contribution is 2.31. The maximum atomic E-state index is 7.75. The van der Waals surface area contributed by atoms with Crippen LogP contribution in [-0.2, 0) is 0 Å². The second-order valence-electron chi connectivity index (χ2n) is 4.85. The van der Waals surface area contributed by atoms with Gasteiger partial charge >= 0.3 is 0 Å². The largest absolute Gasteiger partial charge is 0.384 e. The zero-order valence-corrected chi connectivity index (χ0v) is 12.9. The molecule has 0 amide bonds. The standard InChI is InChI=1S/C15H18N4S/c1-8-5-6-12(7-9(8)2)20-15-13(14(16)17)10(3)11(4)18-19-15/h5-7H,1-4H3,(H3,16,17). The van der Waals surface area contributed by atoms with Crippen LogP contribution in [0.2, 0.25) is 0 Å². The Morgan fingerprint density at radius 1 is 1.10 bits per heavy atom. The molecule has 1 heterocycles. The molecule has 0 fully saturated rings. The highest BCUT2D eigenvalue weighted by atomic mass is 32.2. The van der Waals surface area contributed by atoms with E-state index in [4.69, 9.17) is 11.1 Å². The molecule has 0 bridgehead atoms. The molecule has 0 aliphatic rings. The molecule has 5 heteroatoms. The Morgan fingerprint density at radius 3 is 2.40 bits per heavy atom. The third kappa shape index (κ3) is 2.82. The van der Waals surface area contributed by atoms with Crippen LogP contribution in [0.1, 0.15) is 27.9 Å². The van der Waals surface area contributed by atoms with Crippen molar-refractivity contribution in [1.29, 1.82) is 5.41 Å². The van der Waals surface area contributed by atoms with Gasteiger partial charge in [-0.05, 0) is 56.5 Å². The van der Waals surface area contributed by atoms with E-state index in [9.17, 15) is 0 Å². The SMILES string of the molecule is Cc1ccc(Sc2nnc(C)c(C)c2C(=N)N)cc1C. The minimum Gasteiger partial charge on any atom is -0.384 e. The monoisotopic (exact) mass is 286 g/mol. The van der Waals surface area contributed by atoms with E-state index in [2.05, 4.69) is 36.2 Å². The van der Waals surface area contributed by atoms with Gasteiger partial charge in [-0.15, -0.1) is 5.10 Å². The molecule has 4 nitrogen and oxygen atoms in total. The minimum absolute atomic E-state index is 0.0341. The topological polar surface area (TPSA) is 75.7 Å². The van der Waals surface area contributed by atoms with E-state index in [0.29, 0.717) is 10.6 Å². The lowest BCUT2D eigenvalue weighted by atomic mass is 10.1. The molecule has 0 spiro atoms. The van der Waals surface area contributed by atoms with Crippen molar-refractivity contribution in [2.24, 2.45) is 5.73 Å². The lowest BCUT2D eigenvalue weighted by Crippen LogP contribution is -2.16. The number of amidine groups is 1. The van der Waals surface area contributed by atoms with Gasteiger partial charge in [-0.3, -0.25) is 5.41 Å². The van der Waals surface area contributed by atoms with Crippen LogP contribution >= 0.6 is 11.8 Å². The number of nitrogen functional groups attached to an aromatic ring is 1. The fraction of sp³-hybridized carbons (Fsp3) is 0.267. The van der Waals surface area contributed by atoms with E-state index in [1.165, 1.54) is 22.9 Å². The van der Waals surface area contributed by atoms with E-state index < -0.39 is 0 Å². The number of rotatable bonds is 3. The highest BCUT2D eigenvalue weighted by molar-refractivity contribution is 7.99. The third-order valence-corrected chi connectivity index (χ3v) is 4.35. The summed E-state index contributed by atoms with van der Waals surface area (Å²) in [6.07, 6.45) is 0. The molecule has 1 aromatic carbocycles. The molecule has 0 saturated carbocycles. The lowest BCUT2D eigenvalue weighted by molar-refractivity contribution is 0.872. The van der Waals surface area contributed by atoms with Crippen molar-refractivity contribution in [3.63, 3.8) is 0 Å². The molecule has 2 aromatic rings.